The molecule has 7 aromatic rings. The Morgan fingerprint density at radius 3 is 1.90 bits per heavy atom. The van der Waals surface area contributed by atoms with Gasteiger partial charge in [0.2, 0.25) is 0 Å². The molecule has 0 N–H and O–H groups in total. The minimum atomic E-state index is -0.384. The molecule has 0 amide bonds. The van der Waals surface area contributed by atoms with Crippen LogP contribution < -0.4 is 0 Å². The average molecular weight is 400 g/mol. The fourth-order valence-electron chi connectivity index (χ4n) is 4.79. The molecule has 0 aliphatic rings. The number of fused-ring (bicyclic) bond motifs is 1. The normalized spacial score (nSPS) is 14.1. The maximum absolute atomic E-state index is 8.53. The number of hydrogen-bond donors (Lipinski definition) is 0. The molecule has 0 aliphatic carbocycles. The van der Waals surface area contributed by atoms with Gasteiger partial charge in [-0.15, -0.1) is 0 Å². The molecule has 7 rings (SSSR count). The molecule has 0 saturated carbocycles. The van der Waals surface area contributed by atoms with Crippen molar-refractivity contribution in [3.63, 3.8) is 0 Å². The Morgan fingerprint density at radius 2 is 1.19 bits per heavy atom. The van der Waals surface area contributed by atoms with Crippen LogP contribution in [-0.2, 0) is 0 Å². The maximum atomic E-state index is 8.53. The summed E-state index contributed by atoms with van der Waals surface area (Å²) < 4.78 is 46.9. The number of benzene rings is 6. The largest absolute Gasteiger partial charge is 0.464 e. The average Bonchev–Trinajstić information content (AvgIpc) is 3.38. The van der Waals surface area contributed by atoms with E-state index in [9.17, 15) is 0 Å². The van der Waals surface area contributed by atoms with Gasteiger partial charge in [0.1, 0.15) is 5.58 Å². The van der Waals surface area contributed by atoms with E-state index in [1.807, 2.05) is 36.4 Å². The molecule has 0 fully saturated rings. The molecule has 0 bridgehead atoms. The van der Waals surface area contributed by atoms with E-state index in [4.69, 9.17) is 11.3 Å². The number of furan rings is 1. The highest BCUT2D eigenvalue weighted by Gasteiger charge is 2.15. The van der Waals surface area contributed by atoms with Gasteiger partial charge >= 0.3 is 0 Å². The molecule has 1 aromatic heterocycles. The number of rotatable bonds is 2. The van der Waals surface area contributed by atoms with Gasteiger partial charge in [-0.25, -0.2) is 0 Å². The smallest absolute Gasteiger partial charge is 0.133 e. The summed E-state index contributed by atoms with van der Waals surface area (Å²) >= 11 is 0. The van der Waals surface area contributed by atoms with Crippen molar-refractivity contribution in [2.24, 2.45) is 0 Å². The van der Waals surface area contributed by atoms with E-state index < -0.39 is 0 Å². The molecule has 1 nitrogen and oxygen atoms in total. The van der Waals surface area contributed by atoms with Crippen molar-refractivity contribution in [2.75, 3.05) is 0 Å². The zero-order valence-electron chi connectivity index (χ0n) is 21.4. The second-order valence-corrected chi connectivity index (χ2v) is 7.82. The fourth-order valence-corrected chi connectivity index (χ4v) is 4.79. The molecular formula is C30H18O. The maximum Gasteiger partial charge on any atom is 0.133 e. The van der Waals surface area contributed by atoms with E-state index in [2.05, 4.69) is 36.4 Å². The monoisotopic (exact) mass is 399 g/mol. The van der Waals surface area contributed by atoms with Crippen molar-refractivity contribution < 1.29 is 11.3 Å². The quantitative estimate of drug-likeness (QED) is 0.265. The predicted octanol–water partition coefficient (Wildman–Crippen LogP) is 8.66. The standard InChI is InChI=1S/C30H18O/c1-2-4-19(5-3-1)24-11-6-20-9-14-27-25(22-10-15-28-23(18-22)16-17-31-28)12-7-21-8-13-26(24)29(20)30(21)27/h1-18H/i1D,2D,3D,4D,5D. The fraction of sp³-hybridized carbons (Fsp3) is 0. The molecule has 1 heterocycles. The van der Waals surface area contributed by atoms with Crippen LogP contribution in [0.3, 0.4) is 0 Å². The summed E-state index contributed by atoms with van der Waals surface area (Å²) in [6.07, 6.45) is 1.69. The second kappa shape index (κ2) is 6.20. The van der Waals surface area contributed by atoms with Crippen molar-refractivity contribution in [3.8, 4) is 22.3 Å². The topological polar surface area (TPSA) is 13.1 Å². The highest BCUT2D eigenvalue weighted by Crippen LogP contribution is 2.42. The van der Waals surface area contributed by atoms with Gasteiger partial charge in [0.05, 0.1) is 13.1 Å². The Hall–Kier alpha value is -4.10. The first kappa shape index (κ1) is 12.6. The molecule has 0 unspecified atom stereocenters. The molecule has 0 atom stereocenters. The van der Waals surface area contributed by atoms with Gasteiger partial charge in [0.25, 0.3) is 0 Å². The zero-order chi connectivity index (χ0) is 24.7. The van der Waals surface area contributed by atoms with E-state index in [-0.39, 0.29) is 35.8 Å². The van der Waals surface area contributed by atoms with Crippen molar-refractivity contribution in [1.82, 2.24) is 0 Å². The second-order valence-electron chi connectivity index (χ2n) is 7.82. The van der Waals surface area contributed by atoms with Crippen LogP contribution in [0.25, 0.3) is 65.5 Å². The Morgan fingerprint density at radius 1 is 0.548 bits per heavy atom. The van der Waals surface area contributed by atoms with Crippen LogP contribution in [0.5, 0.6) is 0 Å². The van der Waals surface area contributed by atoms with Gasteiger partial charge in [0.15, 0.2) is 0 Å². The van der Waals surface area contributed by atoms with Gasteiger partial charge in [0, 0.05) is 5.39 Å². The summed E-state index contributed by atoms with van der Waals surface area (Å²) in [5, 5.41) is 7.28. The lowest BCUT2D eigenvalue weighted by Gasteiger charge is -2.16. The van der Waals surface area contributed by atoms with Gasteiger partial charge in [-0.1, -0.05) is 84.8 Å². The predicted molar refractivity (Wildman–Crippen MR) is 131 cm³/mol. The molecule has 144 valence electrons. The van der Waals surface area contributed by atoms with Gasteiger partial charge in [-0.3, -0.25) is 0 Å². The van der Waals surface area contributed by atoms with E-state index >= 15 is 0 Å². The van der Waals surface area contributed by atoms with E-state index in [1.165, 1.54) is 0 Å². The Bertz CT molecular complexity index is 1970. The Kier molecular flexibility index (Phi) is 2.51. The molecule has 0 saturated heterocycles. The lowest BCUT2D eigenvalue weighted by molar-refractivity contribution is 0.616. The van der Waals surface area contributed by atoms with Gasteiger partial charge in [-0.2, -0.15) is 0 Å². The molecule has 31 heavy (non-hydrogen) atoms. The van der Waals surface area contributed by atoms with Crippen LogP contribution in [-0.4, -0.2) is 0 Å². The molecule has 6 aromatic carbocycles. The highest BCUT2D eigenvalue weighted by molar-refractivity contribution is 6.27. The summed E-state index contributed by atoms with van der Waals surface area (Å²) in [6.45, 7) is 0. The van der Waals surface area contributed by atoms with E-state index in [1.54, 1.807) is 6.26 Å². The summed E-state index contributed by atoms with van der Waals surface area (Å²) in [5.74, 6) is 0. The van der Waals surface area contributed by atoms with Crippen molar-refractivity contribution in [1.29, 1.82) is 0 Å². The summed E-state index contributed by atoms with van der Waals surface area (Å²) in [4.78, 5) is 0. The van der Waals surface area contributed by atoms with E-state index in [0.717, 1.165) is 54.4 Å². The third kappa shape index (κ3) is 2.38. The first-order chi connectivity index (χ1) is 17.4. The van der Waals surface area contributed by atoms with Crippen LogP contribution in [0, 0.1) is 0 Å². The zero-order valence-corrected chi connectivity index (χ0v) is 16.4. The molecule has 0 radical (unpaired) electrons. The third-order valence-corrected chi connectivity index (χ3v) is 6.20. The van der Waals surface area contributed by atoms with Crippen LogP contribution >= 0.6 is 0 Å². The van der Waals surface area contributed by atoms with Gasteiger partial charge in [-0.05, 0) is 72.8 Å². The Labute approximate surface area is 186 Å². The third-order valence-electron chi connectivity index (χ3n) is 6.20. The molecular weight excluding hydrogens is 376 g/mol. The van der Waals surface area contributed by atoms with Crippen LogP contribution in [0.15, 0.2) is 114 Å². The van der Waals surface area contributed by atoms with E-state index in [0.29, 0.717) is 5.56 Å². The lowest BCUT2D eigenvalue weighted by Crippen LogP contribution is -1.89. The van der Waals surface area contributed by atoms with Gasteiger partial charge < -0.3 is 4.42 Å². The SMILES string of the molecule is [2H]c1c([2H])c([2H])c(-c2ccc3ccc4c(-c5ccc6occc6c5)ccc5ccc2c3c54)c([2H])c1[2H]. The molecule has 1 heteroatoms. The summed E-state index contributed by atoms with van der Waals surface area (Å²) in [5.41, 5.74) is 3.91. The van der Waals surface area contributed by atoms with Crippen molar-refractivity contribution in [2.45, 2.75) is 0 Å². The summed E-state index contributed by atoms with van der Waals surface area (Å²) in [7, 11) is 0. The van der Waals surface area contributed by atoms with Crippen molar-refractivity contribution in [3.05, 3.63) is 109 Å². The highest BCUT2D eigenvalue weighted by atomic mass is 16.3. The molecule has 0 aliphatic heterocycles. The van der Waals surface area contributed by atoms with Crippen molar-refractivity contribution >= 4 is 43.3 Å². The first-order valence-corrected chi connectivity index (χ1v) is 10.2. The lowest BCUT2D eigenvalue weighted by atomic mass is 9.87. The summed E-state index contributed by atoms with van der Waals surface area (Å²) in [6, 6.07) is 23.1. The molecule has 0 spiro atoms. The van der Waals surface area contributed by atoms with Crippen LogP contribution in [0.2, 0.25) is 0 Å². The first-order valence-electron chi connectivity index (χ1n) is 12.7. The van der Waals surface area contributed by atoms with Crippen LogP contribution in [0.1, 0.15) is 6.85 Å². The van der Waals surface area contributed by atoms with Crippen LogP contribution in [0.4, 0.5) is 0 Å². The Balaban J connectivity index is 1.58. The minimum Gasteiger partial charge on any atom is -0.464 e. The minimum absolute atomic E-state index is 0.190. The number of hydrogen-bond acceptors (Lipinski definition) is 1.